The first-order chi connectivity index (χ1) is 6.65. The minimum absolute atomic E-state index is 0.287. The molecule has 14 heavy (non-hydrogen) atoms. The summed E-state index contributed by atoms with van der Waals surface area (Å²) in [5.41, 5.74) is 0. The zero-order valence-electron chi connectivity index (χ0n) is 8.99. The molecule has 0 aromatic heterocycles. The molecule has 1 aliphatic heterocycles. The van der Waals surface area contributed by atoms with Crippen LogP contribution in [0.15, 0.2) is 0 Å². The SMILES string of the molecule is CCCC(C(=O)O)N1CCNC(C)C1. The van der Waals surface area contributed by atoms with Gasteiger partial charge in [0.2, 0.25) is 0 Å². The fourth-order valence-corrected chi connectivity index (χ4v) is 1.98. The zero-order valence-corrected chi connectivity index (χ0v) is 8.99. The van der Waals surface area contributed by atoms with Crippen molar-refractivity contribution in [1.29, 1.82) is 0 Å². The molecule has 2 unspecified atom stereocenters. The molecule has 0 radical (unpaired) electrons. The van der Waals surface area contributed by atoms with Gasteiger partial charge in [-0.05, 0) is 13.3 Å². The Morgan fingerprint density at radius 2 is 2.43 bits per heavy atom. The third-order valence-electron chi connectivity index (χ3n) is 2.69. The van der Waals surface area contributed by atoms with Crippen LogP contribution < -0.4 is 5.32 Å². The standard InChI is InChI=1S/C10H20N2O2/c1-3-4-9(10(13)14)12-6-5-11-8(2)7-12/h8-9,11H,3-7H2,1-2H3,(H,13,14). The summed E-state index contributed by atoms with van der Waals surface area (Å²) in [5, 5.41) is 12.4. The van der Waals surface area contributed by atoms with Crippen LogP contribution in [0, 0.1) is 0 Å². The van der Waals surface area contributed by atoms with Crippen LogP contribution in [-0.2, 0) is 4.79 Å². The lowest BCUT2D eigenvalue weighted by molar-refractivity contribution is -0.144. The summed E-state index contributed by atoms with van der Waals surface area (Å²) < 4.78 is 0. The van der Waals surface area contributed by atoms with Crippen molar-refractivity contribution in [1.82, 2.24) is 10.2 Å². The molecule has 0 aromatic rings. The van der Waals surface area contributed by atoms with E-state index in [9.17, 15) is 4.79 Å². The van der Waals surface area contributed by atoms with Crippen molar-refractivity contribution in [2.24, 2.45) is 0 Å². The predicted molar refractivity (Wildman–Crippen MR) is 55.4 cm³/mol. The molecule has 4 heteroatoms. The van der Waals surface area contributed by atoms with Gasteiger partial charge in [0.25, 0.3) is 0 Å². The molecule has 0 spiro atoms. The van der Waals surface area contributed by atoms with Gasteiger partial charge >= 0.3 is 5.97 Å². The van der Waals surface area contributed by atoms with E-state index in [4.69, 9.17) is 5.11 Å². The van der Waals surface area contributed by atoms with E-state index in [1.165, 1.54) is 0 Å². The molecule has 1 heterocycles. The summed E-state index contributed by atoms with van der Waals surface area (Å²) in [6.07, 6.45) is 1.68. The van der Waals surface area contributed by atoms with Gasteiger partial charge in [-0.25, -0.2) is 0 Å². The molecule has 4 nitrogen and oxygen atoms in total. The van der Waals surface area contributed by atoms with E-state index in [2.05, 4.69) is 17.1 Å². The van der Waals surface area contributed by atoms with Crippen molar-refractivity contribution in [2.75, 3.05) is 19.6 Å². The van der Waals surface area contributed by atoms with Crippen LogP contribution in [0.2, 0.25) is 0 Å². The molecule has 1 fully saturated rings. The van der Waals surface area contributed by atoms with Gasteiger partial charge in [-0.1, -0.05) is 13.3 Å². The van der Waals surface area contributed by atoms with Crippen molar-refractivity contribution < 1.29 is 9.90 Å². The summed E-state index contributed by atoms with van der Waals surface area (Å²) in [4.78, 5) is 13.1. The fraction of sp³-hybridized carbons (Fsp3) is 0.900. The van der Waals surface area contributed by atoms with E-state index in [1.807, 2.05) is 6.92 Å². The Kier molecular flexibility index (Phi) is 4.35. The smallest absolute Gasteiger partial charge is 0.320 e. The third-order valence-corrected chi connectivity index (χ3v) is 2.69. The van der Waals surface area contributed by atoms with Crippen LogP contribution in [-0.4, -0.2) is 47.7 Å². The highest BCUT2D eigenvalue weighted by molar-refractivity contribution is 5.73. The monoisotopic (exact) mass is 200 g/mol. The van der Waals surface area contributed by atoms with E-state index < -0.39 is 5.97 Å². The fourth-order valence-electron chi connectivity index (χ4n) is 1.98. The van der Waals surface area contributed by atoms with Crippen LogP contribution in [0.1, 0.15) is 26.7 Å². The quantitative estimate of drug-likeness (QED) is 0.695. The van der Waals surface area contributed by atoms with Gasteiger partial charge in [-0.3, -0.25) is 9.69 Å². The molecule has 0 aliphatic carbocycles. The van der Waals surface area contributed by atoms with Crippen molar-refractivity contribution in [3.63, 3.8) is 0 Å². The summed E-state index contributed by atoms with van der Waals surface area (Å²) in [6, 6.07) is 0.118. The molecule has 1 saturated heterocycles. The summed E-state index contributed by atoms with van der Waals surface area (Å²) >= 11 is 0. The minimum Gasteiger partial charge on any atom is -0.480 e. The van der Waals surface area contributed by atoms with Crippen LogP contribution in [0.4, 0.5) is 0 Å². The normalized spacial score (nSPS) is 26.0. The van der Waals surface area contributed by atoms with Gasteiger partial charge in [-0.15, -0.1) is 0 Å². The molecule has 2 N–H and O–H groups in total. The number of nitrogens with one attached hydrogen (secondary N) is 1. The van der Waals surface area contributed by atoms with E-state index in [0.29, 0.717) is 6.04 Å². The number of aliphatic carboxylic acids is 1. The predicted octanol–water partition coefficient (Wildman–Crippen LogP) is 0.533. The zero-order chi connectivity index (χ0) is 10.6. The Bertz CT molecular complexity index is 197. The van der Waals surface area contributed by atoms with Gasteiger partial charge in [0, 0.05) is 25.7 Å². The van der Waals surface area contributed by atoms with Crippen LogP contribution >= 0.6 is 0 Å². The molecule has 0 aromatic carbocycles. The Hall–Kier alpha value is -0.610. The van der Waals surface area contributed by atoms with E-state index in [1.54, 1.807) is 0 Å². The second-order valence-electron chi connectivity index (χ2n) is 3.99. The Morgan fingerprint density at radius 1 is 1.71 bits per heavy atom. The molecular formula is C10H20N2O2. The maximum Gasteiger partial charge on any atom is 0.320 e. The van der Waals surface area contributed by atoms with Crippen LogP contribution in [0.3, 0.4) is 0 Å². The number of nitrogens with zero attached hydrogens (tertiary/aromatic N) is 1. The van der Waals surface area contributed by atoms with Crippen molar-refractivity contribution >= 4 is 5.97 Å². The first-order valence-electron chi connectivity index (χ1n) is 5.35. The Morgan fingerprint density at radius 3 is 2.93 bits per heavy atom. The molecular weight excluding hydrogens is 180 g/mol. The van der Waals surface area contributed by atoms with E-state index in [-0.39, 0.29) is 6.04 Å². The second-order valence-corrected chi connectivity index (χ2v) is 3.99. The number of carbonyl (C=O) groups is 1. The van der Waals surface area contributed by atoms with Gasteiger partial charge in [0.05, 0.1) is 0 Å². The molecule has 1 rings (SSSR count). The minimum atomic E-state index is -0.680. The number of carboxylic acid groups (broad SMARTS) is 1. The lowest BCUT2D eigenvalue weighted by Crippen LogP contribution is -2.54. The van der Waals surface area contributed by atoms with E-state index in [0.717, 1.165) is 32.5 Å². The largest absolute Gasteiger partial charge is 0.480 e. The van der Waals surface area contributed by atoms with E-state index >= 15 is 0 Å². The van der Waals surface area contributed by atoms with Gasteiger partial charge < -0.3 is 10.4 Å². The second kappa shape index (κ2) is 5.32. The van der Waals surface area contributed by atoms with Gasteiger partial charge in [0.15, 0.2) is 0 Å². The number of hydrogen-bond donors (Lipinski definition) is 2. The van der Waals surface area contributed by atoms with Gasteiger partial charge in [0.1, 0.15) is 6.04 Å². The maximum atomic E-state index is 11.0. The highest BCUT2D eigenvalue weighted by Crippen LogP contribution is 2.10. The van der Waals surface area contributed by atoms with Gasteiger partial charge in [-0.2, -0.15) is 0 Å². The molecule has 82 valence electrons. The summed E-state index contributed by atoms with van der Waals surface area (Å²) in [5.74, 6) is -0.680. The number of piperazine rings is 1. The summed E-state index contributed by atoms with van der Waals surface area (Å²) in [6.45, 7) is 6.71. The number of carboxylic acids is 1. The first-order valence-corrected chi connectivity index (χ1v) is 5.35. The molecule has 0 saturated carbocycles. The van der Waals surface area contributed by atoms with Crippen molar-refractivity contribution in [3.05, 3.63) is 0 Å². The van der Waals surface area contributed by atoms with Crippen LogP contribution in [0.5, 0.6) is 0 Å². The Balaban J connectivity index is 2.53. The van der Waals surface area contributed by atoms with Crippen LogP contribution in [0.25, 0.3) is 0 Å². The highest BCUT2D eigenvalue weighted by Gasteiger charge is 2.27. The number of hydrogen-bond acceptors (Lipinski definition) is 3. The topological polar surface area (TPSA) is 52.6 Å². The van der Waals surface area contributed by atoms with Crippen molar-refractivity contribution in [2.45, 2.75) is 38.8 Å². The average Bonchev–Trinajstić information content (AvgIpc) is 2.13. The highest BCUT2D eigenvalue weighted by atomic mass is 16.4. The summed E-state index contributed by atoms with van der Waals surface area (Å²) in [7, 11) is 0. The molecule has 2 atom stereocenters. The number of rotatable bonds is 4. The Labute approximate surface area is 85.3 Å². The molecule has 0 amide bonds. The first kappa shape index (κ1) is 11.5. The molecule has 0 bridgehead atoms. The van der Waals surface area contributed by atoms with Crippen molar-refractivity contribution in [3.8, 4) is 0 Å². The molecule has 1 aliphatic rings. The maximum absolute atomic E-state index is 11.0. The lowest BCUT2D eigenvalue weighted by atomic mass is 10.1. The average molecular weight is 200 g/mol. The third kappa shape index (κ3) is 2.96. The lowest BCUT2D eigenvalue weighted by Gasteiger charge is -2.35.